The van der Waals surface area contributed by atoms with Crippen molar-refractivity contribution in [3.05, 3.63) is 0 Å². The van der Waals surface area contributed by atoms with Crippen molar-refractivity contribution in [2.45, 2.75) is 38.2 Å². The zero-order valence-electron chi connectivity index (χ0n) is 8.54. The second-order valence-corrected chi connectivity index (χ2v) is 3.53. The standard InChI is InChI=1S/C10H17NO3/c1-11-10(13)6-7-14-9-4-2-8(12)3-5-9/h9H,2-7H2,1H3,(H,11,13). The molecule has 0 saturated heterocycles. The molecule has 0 atom stereocenters. The largest absolute Gasteiger partial charge is 0.378 e. The number of carbonyl (C=O) groups is 2. The number of amides is 1. The van der Waals surface area contributed by atoms with E-state index in [-0.39, 0.29) is 12.0 Å². The zero-order chi connectivity index (χ0) is 10.4. The second kappa shape index (κ2) is 5.75. The minimum absolute atomic E-state index is 0.00288. The number of nitrogens with one attached hydrogen (secondary N) is 1. The minimum atomic E-state index is -0.00288. The van der Waals surface area contributed by atoms with Gasteiger partial charge in [0.1, 0.15) is 5.78 Å². The Labute approximate surface area is 84.0 Å². The van der Waals surface area contributed by atoms with E-state index < -0.39 is 0 Å². The summed E-state index contributed by atoms with van der Waals surface area (Å²) in [5, 5.41) is 2.54. The third-order valence-electron chi connectivity index (χ3n) is 2.45. The summed E-state index contributed by atoms with van der Waals surface area (Å²) in [6.07, 6.45) is 3.47. The fourth-order valence-electron chi connectivity index (χ4n) is 1.52. The molecule has 0 unspecified atom stereocenters. The molecule has 14 heavy (non-hydrogen) atoms. The molecule has 1 aliphatic rings. The number of rotatable bonds is 4. The molecule has 0 aromatic carbocycles. The van der Waals surface area contributed by atoms with E-state index in [9.17, 15) is 9.59 Å². The lowest BCUT2D eigenvalue weighted by molar-refractivity contribution is -0.125. The molecule has 0 bridgehead atoms. The molecule has 1 rings (SSSR count). The average molecular weight is 199 g/mol. The van der Waals surface area contributed by atoms with Gasteiger partial charge in [0.05, 0.1) is 12.7 Å². The van der Waals surface area contributed by atoms with Crippen molar-refractivity contribution in [2.24, 2.45) is 0 Å². The Balaban J connectivity index is 2.07. The summed E-state index contributed by atoms with van der Waals surface area (Å²) in [4.78, 5) is 21.8. The molecule has 0 heterocycles. The smallest absolute Gasteiger partial charge is 0.222 e. The van der Waals surface area contributed by atoms with Crippen molar-refractivity contribution < 1.29 is 14.3 Å². The van der Waals surface area contributed by atoms with Crippen LogP contribution in [0.25, 0.3) is 0 Å². The molecule has 0 aromatic rings. The maximum atomic E-state index is 10.9. The maximum Gasteiger partial charge on any atom is 0.222 e. The van der Waals surface area contributed by atoms with Gasteiger partial charge in [-0.2, -0.15) is 0 Å². The van der Waals surface area contributed by atoms with Crippen LogP contribution >= 0.6 is 0 Å². The molecule has 1 N–H and O–H groups in total. The van der Waals surface area contributed by atoms with E-state index in [4.69, 9.17) is 4.74 Å². The van der Waals surface area contributed by atoms with Gasteiger partial charge < -0.3 is 10.1 Å². The molecular formula is C10H17NO3. The Morgan fingerprint density at radius 3 is 2.71 bits per heavy atom. The first kappa shape index (κ1) is 11.2. The van der Waals surface area contributed by atoms with Crippen molar-refractivity contribution in [2.75, 3.05) is 13.7 Å². The van der Waals surface area contributed by atoms with Crippen LogP contribution in [-0.2, 0) is 14.3 Å². The van der Waals surface area contributed by atoms with E-state index in [2.05, 4.69) is 5.32 Å². The highest BCUT2D eigenvalue weighted by atomic mass is 16.5. The van der Waals surface area contributed by atoms with Crippen LogP contribution in [0.1, 0.15) is 32.1 Å². The quantitative estimate of drug-likeness (QED) is 0.723. The normalized spacial score (nSPS) is 18.2. The lowest BCUT2D eigenvalue weighted by atomic mass is 9.96. The third-order valence-corrected chi connectivity index (χ3v) is 2.45. The number of hydrogen-bond acceptors (Lipinski definition) is 3. The summed E-state index contributed by atoms with van der Waals surface area (Å²) in [5.41, 5.74) is 0. The highest BCUT2D eigenvalue weighted by Crippen LogP contribution is 2.17. The van der Waals surface area contributed by atoms with Gasteiger partial charge in [0.2, 0.25) is 5.91 Å². The van der Waals surface area contributed by atoms with E-state index in [1.165, 1.54) is 0 Å². The molecule has 4 heteroatoms. The van der Waals surface area contributed by atoms with Crippen molar-refractivity contribution in [3.8, 4) is 0 Å². The van der Waals surface area contributed by atoms with E-state index in [0.717, 1.165) is 12.8 Å². The first-order valence-electron chi connectivity index (χ1n) is 5.06. The Morgan fingerprint density at radius 2 is 2.14 bits per heavy atom. The summed E-state index contributed by atoms with van der Waals surface area (Å²) >= 11 is 0. The third kappa shape index (κ3) is 3.87. The predicted octanol–water partition coefficient (Wildman–Crippen LogP) is 0.651. The molecule has 1 aliphatic carbocycles. The number of carbonyl (C=O) groups excluding carboxylic acids is 2. The monoisotopic (exact) mass is 199 g/mol. The zero-order valence-corrected chi connectivity index (χ0v) is 8.54. The summed E-state index contributed by atoms with van der Waals surface area (Å²) in [6.45, 7) is 0.457. The maximum absolute atomic E-state index is 10.9. The lowest BCUT2D eigenvalue weighted by Gasteiger charge is -2.21. The molecular weight excluding hydrogens is 182 g/mol. The van der Waals surface area contributed by atoms with E-state index in [1.54, 1.807) is 7.05 Å². The van der Waals surface area contributed by atoms with Crippen molar-refractivity contribution in [1.29, 1.82) is 0 Å². The Morgan fingerprint density at radius 1 is 1.50 bits per heavy atom. The molecule has 1 fully saturated rings. The summed E-state index contributed by atoms with van der Waals surface area (Å²) in [6, 6.07) is 0. The SMILES string of the molecule is CNC(=O)CCOC1CCC(=O)CC1. The van der Waals surface area contributed by atoms with Crippen LogP contribution in [0.4, 0.5) is 0 Å². The molecule has 1 amide bonds. The highest BCUT2D eigenvalue weighted by molar-refractivity contribution is 5.79. The molecule has 4 nitrogen and oxygen atoms in total. The van der Waals surface area contributed by atoms with Crippen LogP contribution in [0.15, 0.2) is 0 Å². The Hall–Kier alpha value is -0.900. The average Bonchev–Trinajstić information content (AvgIpc) is 2.21. The van der Waals surface area contributed by atoms with Crippen LogP contribution in [0.2, 0.25) is 0 Å². The number of ether oxygens (including phenoxy) is 1. The predicted molar refractivity (Wildman–Crippen MR) is 51.9 cm³/mol. The number of ketones is 1. The van der Waals surface area contributed by atoms with E-state index in [1.807, 2.05) is 0 Å². The van der Waals surface area contributed by atoms with Gasteiger partial charge in [-0.05, 0) is 12.8 Å². The van der Waals surface area contributed by atoms with Crippen molar-refractivity contribution >= 4 is 11.7 Å². The topological polar surface area (TPSA) is 55.4 Å². The summed E-state index contributed by atoms with van der Waals surface area (Å²) in [5.74, 6) is 0.327. The van der Waals surface area contributed by atoms with Crippen LogP contribution in [0, 0.1) is 0 Å². The fraction of sp³-hybridized carbons (Fsp3) is 0.800. The fourth-order valence-corrected chi connectivity index (χ4v) is 1.52. The number of hydrogen-bond donors (Lipinski definition) is 1. The van der Waals surface area contributed by atoms with Gasteiger partial charge >= 0.3 is 0 Å². The first-order valence-corrected chi connectivity index (χ1v) is 5.06. The molecule has 0 aromatic heterocycles. The van der Waals surface area contributed by atoms with Gasteiger partial charge in [-0.3, -0.25) is 9.59 Å². The first-order chi connectivity index (χ1) is 6.72. The molecule has 0 spiro atoms. The summed E-state index contributed by atoms with van der Waals surface area (Å²) in [7, 11) is 1.61. The molecule has 80 valence electrons. The Kier molecular flexibility index (Phi) is 4.59. The van der Waals surface area contributed by atoms with Gasteiger partial charge in [-0.1, -0.05) is 0 Å². The Bertz CT molecular complexity index is 205. The lowest BCUT2D eigenvalue weighted by Crippen LogP contribution is -2.24. The minimum Gasteiger partial charge on any atom is -0.378 e. The molecule has 0 radical (unpaired) electrons. The summed E-state index contributed by atoms with van der Waals surface area (Å²) < 4.78 is 5.49. The van der Waals surface area contributed by atoms with Crippen LogP contribution in [0.5, 0.6) is 0 Å². The molecule has 1 saturated carbocycles. The molecule has 0 aliphatic heterocycles. The van der Waals surface area contributed by atoms with Crippen molar-refractivity contribution in [1.82, 2.24) is 5.32 Å². The van der Waals surface area contributed by atoms with E-state index >= 15 is 0 Å². The van der Waals surface area contributed by atoms with Gasteiger partial charge in [-0.25, -0.2) is 0 Å². The second-order valence-electron chi connectivity index (χ2n) is 3.53. The van der Waals surface area contributed by atoms with Crippen LogP contribution < -0.4 is 5.32 Å². The number of Topliss-reactive ketones (excluding diaryl/α,β-unsaturated/α-hetero) is 1. The van der Waals surface area contributed by atoms with Gasteiger partial charge in [0, 0.05) is 26.3 Å². The van der Waals surface area contributed by atoms with Crippen molar-refractivity contribution in [3.63, 3.8) is 0 Å². The van der Waals surface area contributed by atoms with Gasteiger partial charge in [0.15, 0.2) is 0 Å². The van der Waals surface area contributed by atoms with Crippen LogP contribution in [0.3, 0.4) is 0 Å². The van der Waals surface area contributed by atoms with E-state index in [0.29, 0.717) is 31.7 Å². The van der Waals surface area contributed by atoms with Gasteiger partial charge in [-0.15, -0.1) is 0 Å². The van der Waals surface area contributed by atoms with Gasteiger partial charge in [0.25, 0.3) is 0 Å². The highest BCUT2D eigenvalue weighted by Gasteiger charge is 2.18. The van der Waals surface area contributed by atoms with Crippen LogP contribution in [-0.4, -0.2) is 31.4 Å².